The van der Waals surface area contributed by atoms with E-state index >= 15 is 0 Å². The summed E-state index contributed by atoms with van der Waals surface area (Å²) in [5.41, 5.74) is 0.879. The van der Waals surface area contributed by atoms with Crippen LogP contribution in [0.3, 0.4) is 0 Å². The quantitative estimate of drug-likeness (QED) is 0.537. The molecule has 0 aliphatic carbocycles. The molecule has 0 saturated heterocycles. The zero-order chi connectivity index (χ0) is 9.84. The van der Waals surface area contributed by atoms with Gasteiger partial charge in [0.2, 0.25) is 0 Å². The van der Waals surface area contributed by atoms with Crippen LogP contribution in [0, 0.1) is 0 Å². The molecular formula is C10H9ClO2. The summed E-state index contributed by atoms with van der Waals surface area (Å²) in [5, 5.41) is 0.498. The largest absolute Gasteiger partial charge is 0.465 e. The van der Waals surface area contributed by atoms with E-state index in [-0.39, 0.29) is 5.57 Å². The zero-order valence-electron chi connectivity index (χ0n) is 7.21. The van der Waals surface area contributed by atoms with Gasteiger partial charge in [0.25, 0.3) is 0 Å². The second kappa shape index (κ2) is 4.10. The van der Waals surface area contributed by atoms with Gasteiger partial charge in [-0.3, -0.25) is 0 Å². The highest BCUT2D eigenvalue weighted by Crippen LogP contribution is 2.22. The average Bonchev–Trinajstić information content (AvgIpc) is 2.16. The Morgan fingerprint density at radius 1 is 1.46 bits per heavy atom. The molecule has 0 aliphatic heterocycles. The van der Waals surface area contributed by atoms with Gasteiger partial charge in [0.1, 0.15) is 0 Å². The van der Waals surface area contributed by atoms with Crippen molar-refractivity contribution < 1.29 is 9.53 Å². The molecule has 1 aromatic carbocycles. The second-order valence-electron chi connectivity index (χ2n) is 2.45. The molecule has 0 aliphatic rings. The van der Waals surface area contributed by atoms with Crippen LogP contribution >= 0.6 is 11.6 Å². The van der Waals surface area contributed by atoms with Crippen LogP contribution in [0.4, 0.5) is 0 Å². The van der Waals surface area contributed by atoms with E-state index in [0.29, 0.717) is 10.6 Å². The van der Waals surface area contributed by atoms with Crippen LogP contribution in [-0.4, -0.2) is 13.1 Å². The Morgan fingerprint density at radius 2 is 2.08 bits per heavy atom. The minimum atomic E-state index is -0.465. The first kappa shape index (κ1) is 9.81. The van der Waals surface area contributed by atoms with E-state index < -0.39 is 5.97 Å². The standard InChI is InChI=1S/C10H9ClO2/c1-7(10(12)13-2)8-5-3-4-6-9(8)11/h3-6H,1H2,2H3. The van der Waals surface area contributed by atoms with Crippen molar-refractivity contribution in [3.8, 4) is 0 Å². The number of rotatable bonds is 2. The fourth-order valence-electron chi connectivity index (χ4n) is 0.939. The van der Waals surface area contributed by atoms with Gasteiger partial charge >= 0.3 is 5.97 Å². The lowest BCUT2D eigenvalue weighted by atomic mass is 10.1. The van der Waals surface area contributed by atoms with E-state index in [4.69, 9.17) is 11.6 Å². The summed E-state index contributed by atoms with van der Waals surface area (Å²) in [6.07, 6.45) is 0. The minimum absolute atomic E-state index is 0.271. The lowest BCUT2D eigenvalue weighted by Gasteiger charge is -2.04. The molecule has 0 saturated carbocycles. The van der Waals surface area contributed by atoms with Gasteiger partial charge in [-0.25, -0.2) is 4.79 Å². The number of ether oxygens (including phenoxy) is 1. The van der Waals surface area contributed by atoms with E-state index in [1.807, 2.05) is 0 Å². The van der Waals surface area contributed by atoms with Crippen LogP contribution in [0.2, 0.25) is 5.02 Å². The Morgan fingerprint density at radius 3 is 2.62 bits per heavy atom. The highest BCUT2D eigenvalue weighted by atomic mass is 35.5. The van der Waals surface area contributed by atoms with E-state index in [2.05, 4.69) is 11.3 Å². The molecule has 13 heavy (non-hydrogen) atoms. The maximum Gasteiger partial charge on any atom is 0.337 e. The first-order chi connectivity index (χ1) is 6.16. The summed E-state index contributed by atoms with van der Waals surface area (Å²) in [6.45, 7) is 3.60. The number of hydrogen-bond acceptors (Lipinski definition) is 2. The molecule has 0 atom stereocenters. The molecule has 2 nitrogen and oxygen atoms in total. The third-order valence-electron chi connectivity index (χ3n) is 1.63. The van der Waals surface area contributed by atoms with Gasteiger partial charge in [0.05, 0.1) is 12.7 Å². The molecule has 0 bridgehead atoms. The monoisotopic (exact) mass is 196 g/mol. The minimum Gasteiger partial charge on any atom is -0.465 e. The molecule has 0 unspecified atom stereocenters. The Labute approximate surface area is 81.8 Å². The third kappa shape index (κ3) is 2.10. The van der Waals surface area contributed by atoms with Crippen molar-refractivity contribution in [3.05, 3.63) is 41.4 Å². The zero-order valence-corrected chi connectivity index (χ0v) is 7.97. The van der Waals surface area contributed by atoms with Crippen LogP contribution in [0.25, 0.3) is 5.57 Å². The molecule has 0 radical (unpaired) electrons. The summed E-state index contributed by atoms with van der Waals surface area (Å²) in [6, 6.07) is 7.00. The van der Waals surface area contributed by atoms with Gasteiger partial charge in [-0.2, -0.15) is 0 Å². The SMILES string of the molecule is C=C(C(=O)OC)c1ccccc1Cl. The molecule has 0 aromatic heterocycles. The number of methoxy groups -OCH3 is 1. The normalized spacial score (nSPS) is 9.38. The van der Waals surface area contributed by atoms with E-state index in [1.54, 1.807) is 24.3 Å². The highest BCUT2D eigenvalue weighted by Gasteiger charge is 2.11. The number of esters is 1. The lowest BCUT2D eigenvalue weighted by Crippen LogP contribution is -2.02. The fourth-order valence-corrected chi connectivity index (χ4v) is 1.19. The molecule has 0 N–H and O–H groups in total. The molecule has 0 heterocycles. The number of hydrogen-bond donors (Lipinski definition) is 0. The van der Waals surface area contributed by atoms with E-state index in [1.165, 1.54) is 7.11 Å². The van der Waals surface area contributed by atoms with Crippen molar-refractivity contribution in [3.63, 3.8) is 0 Å². The van der Waals surface area contributed by atoms with Crippen molar-refractivity contribution in [2.75, 3.05) is 7.11 Å². The van der Waals surface area contributed by atoms with Gasteiger partial charge in [-0.05, 0) is 6.07 Å². The van der Waals surface area contributed by atoms with Crippen LogP contribution in [0.5, 0.6) is 0 Å². The molecule has 1 rings (SSSR count). The van der Waals surface area contributed by atoms with E-state index in [0.717, 1.165) is 0 Å². The highest BCUT2D eigenvalue weighted by molar-refractivity contribution is 6.34. The summed E-state index contributed by atoms with van der Waals surface area (Å²) in [4.78, 5) is 11.1. The predicted octanol–water partition coefficient (Wildman–Crippen LogP) is 2.53. The lowest BCUT2D eigenvalue weighted by molar-refractivity contribution is -0.133. The first-order valence-corrected chi connectivity index (χ1v) is 4.06. The Bertz CT molecular complexity index is 345. The van der Waals surface area contributed by atoms with Gasteiger partial charge in [-0.1, -0.05) is 36.4 Å². The number of halogens is 1. The van der Waals surface area contributed by atoms with Crippen LogP contribution in [0.1, 0.15) is 5.56 Å². The number of benzene rings is 1. The molecule has 3 heteroatoms. The van der Waals surface area contributed by atoms with Crippen molar-refractivity contribution >= 4 is 23.1 Å². The average molecular weight is 197 g/mol. The Hall–Kier alpha value is -1.28. The van der Waals surface area contributed by atoms with Crippen LogP contribution in [-0.2, 0) is 9.53 Å². The molecule has 0 amide bonds. The topological polar surface area (TPSA) is 26.3 Å². The van der Waals surface area contributed by atoms with Crippen molar-refractivity contribution in [1.29, 1.82) is 0 Å². The number of carbonyl (C=O) groups is 1. The summed E-state index contributed by atoms with van der Waals surface area (Å²) >= 11 is 5.85. The smallest absolute Gasteiger partial charge is 0.337 e. The van der Waals surface area contributed by atoms with Crippen LogP contribution < -0.4 is 0 Å². The molecular weight excluding hydrogens is 188 g/mol. The molecule has 0 fully saturated rings. The number of carbonyl (C=O) groups excluding carboxylic acids is 1. The summed E-state index contributed by atoms with van der Waals surface area (Å²) in [7, 11) is 1.31. The summed E-state index contributed by atoms with van der Waals surface area (Å²) in [5.74, 6) is -0.465. The molecule has 68 valence electrons. The summed E-state index contributed by atoms with van der Waals surface area (Å²) < 4.78 is 4.52. The Kier molecular flexibility index (Phi) is 3.09. The van der Waals surface area contributed by atoms with Crippen LogP contribution in [0.15, 0.2) is 30.8 Å². The van der Waals surface area contributed by atoms with Gasteiger partial charge in [0, 0.05) is 10.6 Å². The van der Waals surface area contributed by atoms with Crippen molar-refractivity contribution in [1.82, 2.24) is 0 Å². The van der Waals surface area contributed by atoms with E-state index in [9.17, 15) is 4.79 Å². The van der Waals surface area contributed by atoms with Crippen molar-refractivity contribution in [2.45, 2.75) is 0 Å². The van der Waals surface area contributed by atoms with Gasteiger partial charge < -0.3 is 4.74 Å². The maximum absolute atomic E-state index is 11.1. The van der Waals surface area contributed by atoms with Gasteiger partial charge in [-0.15, -0.1) is 0 Å². The molecule has 0 spiro atoms. The third-order valence-corrected chi connectivity index (χ3v) is 1.96. The predicted molar refractivity (Wildman–Crippen MR) is 52.5 cm³/mol. The maximum atomic E-state index is 11.1. The van der Waals surface area contributed by atoms with Gasteiger partial charge in [0.15, 0.2) is 0 Å². The fraction of sp³-hybridized carbons (Fsp3) is 0.100. The van der Waals surface area contributed by atoms with Crippen molar-refractivity contribution in [2.24, 2.45) is 0 Å². The first-order valence-electron chi connectivity index (χ1n) is 3.69. The molecule has 1 aromatic rings. The Balaban J connectivity index is 3.02. The second-order valence-corrected chi connectivity index (χ2v) is 2.86.